The van der Waals surface area contributed by atoms with E-state index in [1.54, 1.807) is 0 Å². The molecule has 2 aliphatic heterocycles. The van der Waals surface area contributed by atoms with E-state index < -0.39 is 17.3 Å². The minimum Gasteiger partial charge on any atom is -0.371 e. The molecule has 0 aromatic carbocycles. The lowest BCUT2D eigenvalue weighted by molar-refractivity contribution is -0.769. The van der Waals surface area contributed by atoms with E-state index in [0.29, 0.717) is 26.1 Å². The molecule has 0 saturated carbocycles. The maximum atomic E-state index is 10.3. The molecule has 1 amide bonds. The lowest BCUT2D eigenvalue weighted by atomic mass is 10.1. The lowest BCUT2D eigenvalue weighted by Crippen LogP contribution is -2.43. The molecule has 0 aliphatic carbocycles. The molecule has 2 aliphatic rings. The molecular formula is C9H15N3O6. The average molecular weight is 261 g/mol. The summed E-state index contributed by atoms with van der Waals surface area (Å²) in [5.74, 6) is 0. The third-order valence-corrected chi connectivity index (χ3v) is 2.99. The first kappa shape index (κ1) is 13.0. The Hall–Kier alpha value is -1.45. The monoisotopic (exact) mass is 261 g/mol. The smallest absolute Gasteiger partial charge is 0.294 e. The second-order valence-electron chi connectivity index (χ2n) is 4.10. The molecule has 0 aromatic heterocycles. The maximum Gasteiger partial charge on any atom is 0.294 e. The van der Waals surface area contributed by atoms with Crippen molar-refractivity contribution >= 4 is 6.41 Å². The number of hydrogen-bond acceptors (Lipinski definition) is 7. The van der Waals surface area contributed by atoms with Crippen LogP contribution in [-0.2, 0) is 19.1 Å². The molecule has 4 atom stereocenters. The molecule has 2 saturated heterocycles. The zero-order chi connectivity index (χ0) is 13.0. The number of carbonyl (C=O) groups is 1. The van der Waals surface area contributed by atoms with E-state index in [1.807, 2.05) is 0 Å². The highest BCUT2D eigenvalue weighted by molar-refractivity contribution is 5.45. The van der Waals surface area contributed by atoms with Gasteiger partial charge in [-0.15, -0.1) is 10.1 Å². The molecule has 0 spiro atoms. The first-order chi connectivity index (χ1) is 8.72. The second-order valence-corrected chi connectivity index (χ2v) is 4.10. The van der Waals surface area contributed by atoms with Gasteiger partial charge in [0.2, 0.25) is 6.41 Å². The summed E-state index contributed by atoms with van der Waals surface area (Å²) < 4.78 is 10.9. The standard InChI is InChI=1S/C9H15N3O6/c13-5-10-1-2-11-6-3-16-9-7(18-12(14)15)4-17-8(6)9/h5-9,11H,1-4H2,(H,10,13)/t6-,7+,8+,9+/m0/s1. The zero-order valence-electron chi connectivity index (χ0n) is 9.61. The number of fused-ring (bicyclic) bond motifs is 1. The van der Waals surface area contributed by atoms with Gasteiger partial charge in [0.25, 0.3) is 5.09 Å². The quantitative estimate of drug-likeness (QED) is 0.237. The van der Waals surface area contributed by atoms with Crippen LogP contribution in [-0.4, -0.2) is 62.2 Å². The van der Waals surface area contributed by atoms with Crippen LogP contribution < -0.4 is 10.6 Å². The van der Waals surface area contributed by atoms with Gasteiger partial charge in [0.1, 0.15) is 12.2 Å². The van der Waals surface area contributed by atoms with E-state index in [0.717, 1.165) is 0 Å². The summed E-state index contributed by atoms with van der Waals surface area (Å²) in [5, 5.41) is 15.2. The van der Waals surface area contributed by atoms with E-state index in [9.17, 15) is 14.9 Å². The number of rotatable bonds is 7. The first-order valence-corrected chi connectivity index (χ1v) is 5.67. The van der Waals surface area contributed by atoms with Crippen molar-refractivity contribution in [2.45, 2.75) is 24.4 Å². The Labute approximate surface area is 103 Å². The summed E-state index contributed by atoms with van der Waals surface area (Å²) in [6, 6.07) is -0.0381. The molecule has 2 rings (SSSR count). The molecule has 9 heteroatoms. The van der Waals surface area contributed by atoms with Crippen molar-refractivity contribution in [3.05, 3.63) is 10.1 Å². The Morgan fingerprint density at radius 3 is 2.83 bits per heavy atom. The number of carbonyl (C=O) groups excluding carboxylic acids is 1. The number of hydrogen-bond donors (Lipinski definition) is 2. The third kappa shape index (κ3) is 2.86. The molecule has 0 bridgehead atoms. The van der Waals surface area contributed by atoms with Crippen molar-refractivity contribution < 1.29 is 24.2 Å². The van der Waals surface area contributed by atoms with Crippen molar-refractivity contribution in [2.75, 3.05) is 26.3 Å². The molecule has 9 nitrogen and oxygen atoms in total. The summed E-state index contributed by atoms with van der Waals surface area (Å²) in [6.07, 6.45) is -0.689. The number of ether oxygens (including phenoxy) is 2. The lowest BCUT2D eigenvalue weighted by Gasteiger charge is -2.17. The van der Waals surface area contributed by atoms with Gasteiger partial charge in [-0.05, 0) is 0 Å². The molecule has 18 heavy (non-hydrogen) atoms. The van der Waals surface area contributed by atoms with E-state index in [2.05, 4.69) is 15.5 Å². The topological polar surface area (TPSA) is 112 Å². The zero-order valence-corrected chi connectivity index (χ0v) is 9.61. The van der Waals surface area contributed by atoms with Crippen molar-refractivity contribution in [3.8, 4) is 0 Å². The van der Waals surface area contributed by atoms with Gasteiger partial charge in [0.15, 0.2) is 6.10 Å². The summed E-state index contributed by atoms with van der Waals surface area (Å²) >= 11 is 0. The van der Waals surface area contributed by atoms with Crippen LogP contribution in [0.25, 0.3) is 0 Å². The van der Waals surface area contributed by atoms with Crippen LogP contribution in [0.15, 0.2) is 0 Å². The van der Waals surface area contributed by atoms with Gasteiger partial charge in [0, 0.05) is 13.1 Å². The minimum absolute atomic E-state index is 0.0381. The van der Waals surface area contributed by atoms with Gasteiger partial charge in [-0.1, -0.05) is 0 Å². The van der Waals surface area contributed by atoms with Gasteiger partial charge in [0.05, 0.1) is 19.3 Å². The van der Waals surface area contributed by atoms with Crippen molar-refractivity contribution in [1.29, 1.82) is 0 Å². The Morgan fingerprint density at radius 2 is 2.11 bits per heavy atom. The largest absolute Gasteiger partial charge is 0.371 e. The van der Waals surface area contributed by atoms with Crippen LogP contribution in [0.3, 0.4) is 0 Å². The fraction of sp³-hybridized carbons (Fsp3) is 0.889. The molecule has 2 heterocycles. The molecule has 102 valence electrons. The predicted octanol–water partition coefficient (Wildman–Crippen LogP) is -1.93. The van der Waals surface area contributed by atoms with Crippen LogP contribution in [0.2, 0.25) is 0 Å². The fourth-order valence-electron chi connectivity index (χ4n) is 2.23. The molecule has 2 N–H and O–H groups in total. The predicted molar refractivity (Wildman–Crippen MR) is 57.2 cm³/mol. The number of amides is 1. The van der Waals surface area contributed by atoms with Crippen LogP contribution in [0.4, 0.5) is 0 Å². The fourth-order valence-corrected chi connectivity index (χ4v) is 2.23. The summed E-state index contributed by atoms with van der Waals surface area (Å²) in [6.45, 7) is 1.65. The highest BCUT2D eigenvalue weighted by Gasteiger charge is 2.49. The molecule has 0 unspecified atom stereocenters. The van der Waals surface area contributed by atoms with E-state index >= 15 is 0 Å². The Bertz CT molecular complexity index is 315. The minimum atomic E-state index is -0.825. The SMILES string of the molecule is O=CNCCN[C@H]1CO[C@H]2[C@@H]1OC[C@H]2O[N+](=O)[O-]. The van der Waals surface area contributed by atoms with Gasteiger partial charge >= 0.3 is 0 Å². The van der Waals surface area contributed by atoms with Gasteiger partial charge < -0.3 is 24.9 Å². The van der Waals surface area contributed by atoms with Crippen molar-refractivity contribution in [3.63, 3.8) is 0 Å². The van der Waals surface area contributed by atoms with Crippen LogP contribution >= 0.6 is 0 Å². The van der Waals surface area contributed by atoms with Gasteiger partial charge in [-0.25, -0.2) is 0 Å². The molecule has 0 aromatic rings. The summed E-state index contributed by atoms with van der Waals surface area (Å²) in [7, 11) is 0. The van der Waals surface area contributed by atoms with Crippen molar-refractivity contribution in [2.24, 2.45) is 0 Å². The number of nitrogens with one attached hydrogen (secondary N) is 2. The van der Waals surface area contributed by atoms with Crippen LogP contribution in [0, 0.1) is 10.1 Å². The normalized spacial score (nSPS) is 34.0. The van der Waals surface area contributed by atoms with E-state index in [1.165, 1.54) is 0 Å². The van der Waals surface area contributed by atoms with Gasteiger partial charge in [-0.3, -0.25) is 4.79 Å². The highest BCUT2D eigenvalue weighted by Crippen LogP contribution is 2.28. The first-order valence-electron chi connectivity index (χ1n) is 5.67. The highest BCUT2D eigenvalue weighted by atomic mass is 17.0. The Morgan fingerprint density at radius 1 is 1.33 bits per heavy atom. The second kappa shape index (κ2) is 5.94. The summed E-state index contributed by atoms with van der Waals surface area (Å²) in [4.78, 5) is 24.8. The summed E-state index contributed by atoms with van der Waals surface area (Å²) in [5.41, 5.74) is 0. The van der Waals surface area contributed by atoms with E-state index in [-0.39, 0.29) is 18.8 Å². The van der Waals surface area contributed by atoms with Crippen molar-refractivity contribution in [1.82, 2.24) is 10.6 Å². The number of nitrogens with zero attached hydrogens (tertiary/aromatic N) is 1. The molecular weight excluding hydrogens is 246 g/mol. The molecule has 2 fully saturated rings. The van der Waals surface area contributed by atoms with E-state index in [4.69, 9.17) is 9.47 Å². The average Bonchev–Trinajstić information content (AvgIpc) is 2.88. The third-order valence-electron chi connectivity index (χ3n) is 2.99. The molecule has 0 radical (unpaired) electrons. The maximum absolute atomic E-state index is 10.3. The van der Waals surface area contributed by atoms with Crippen LogP contribution in [0.1, 0.15) is 0 Å². The Balaban J connectivity index is 1.77. The Kier molecular flexibility index (Phi) is 4.28. The van der Waals surface area contributed by atoms with Gasteiger partial charge in [-0.2, -0.15) is 0 Å². The van der Waals surface area contributed by atoms with Crippen LogP contribution in [0.5, 0.6) is 0 Å².